The summed E-state index contributed by atoms with van der Waals surface area (Å²) in [6.45, 7) is 3.79. The quantitative estimate of drug-likeness (QED) is 0.827. The van der Waals surface area contributed by atoms with Crippen molar-refractivity contribution in [3.05, 3.63) is 36.2 Å². The number of amides is 1. The molecule has 1 aliphatic rings. The second kappa shape index (κ2) is 7.13. The number of anilines is 1. The van der Waals surface area contributed by atoms with Gasteiger partial charge in [-0.2, -0.15) is 0 Å². The smallest absolute Gasteiger partial charge is 0.341 e. The minimum absolute atomic E-state index is 0.182. The van der Waals surface area contributed by atoms with Crippen LogP contribution in [-0.4, -0.2) is 23.1 Å². The molecule has 25 heavy (non-hydrogen) atoms. The fraction of sp³-hybridized carbons (Fsp3) is 0.471. The van der Waals surface area contributed by atoms with Crippen LogP contribution < -0.4 is 10.2 Å². The van der Waals surface area contributed by atoms with Gasteiger partial charge in [-0.3, -0.25) is 9.59 Å². The second-order valence-electron chi connectivity index (χ2n) is 5.93. The maximum atomic E-state index is 12.6. The lowest BCUT2D eigenvalue weighted by Gasteiger charge is -2.12. The van der Waals surface area contributed by atoms with Gasteiger partial charge in [0, 0.05) is 17.6 Å². The number of carbonyl (C=O) groups excluding carboxylic acids is 2. The number of fused-ring (bicyclic) bond motifs is 1. The minimum Gasteiger partial charge on any atom is -0.462 e. The molecule has 2 heterocycles. The summed E-state index contributed by atoms with van der Waals surface area (Å²) in [6, 6.07) is 0. The maximum Gasteiger partial charge on any atom is 0.341 e. The summed E-state index contributed by atoms with van der Waals surface area (Å²) >= 11 is 2.35. The number of hydrogen-bond donors (Lipinski definition) is 1. The molecular weight excluding hydrogens is 360 g/mol. The van der Waals surface area contributed by atoms with Gasteiger partial charge in [-0.05, 0) is 45.1 Å². The van der Waals surface area contributed by atoms with Gasteiger partial charge < -0.3 is 14.6 Å². The molecule has 134 valence electrons. The highest BCUT2D eigenvalue weighted by Crippen LogP contribution is 2.39. The number of aryl methyl sites for hydroxylation is 1. The monoisotopic (exact) mass is 380 g/mol. The van der Waals surface area contributed by atoms with Crippen LogP contribution in [0.5, 0.6) is 0 Å². The molecule has 0 fully saturated rings. The van der Waals surface area contributed by atoms with Crippen LogP contribution in [0, 0.1) is 6.92 Å². The summed E-state index contributed by atoms with van der Waals surface area (Å²) in [5.74, 6) is -0.750. The predicted octanol–water partition coefficient (Wildman–Crippen LogP) is 3.12. The molecule has 0 saturated heterocycles. The Morgan fingerprint density at radius 1 is 1.24 bits per heavy atom. The van der Waals surface area contributed by atoms with E-state index in [2.05, 4.69) is 5.32 Å². The lowest BCUT2D eigenvalue weighted by molar-refractivity contribution is 0.0526. The summed E-state index contributed by atoms with van der Waals surface area (Å²) < 4.78 is 6.64. The summed E-state index contributed by atoms with van der Waals surface area (Å²) in [4.78, 5) is 38.2. The molecule has 1 aliphatic carbocycles. The summed E-state index contributed by atoms with van der Waals surface area (Å²) in [7, 11) is 1.64. The molecule has 0 unspecified atom stereocenters. The van der Waals surface area contributed by atoms with E-state index < -0.39 is 5.97 Å². The zero-order chi connectivity index (χ0) is 18.1. The van der Waals surface area contributed by atoms with Crippen molar-refractivity contribution < 1.29 is 14.3 Å². The topological polar surface area (TPSA) is 77.4 Å². The Morgan fingerprint density at radius 2 is 1.96 bits per heavy atom. The van der Waals surface area contributed by atoms with E-state index in [0.29, 0.717) is 21.1 Å². The van der Waals surface area contributed by atoms with E-state index in [1.54, 1.807) is 20.9 Å². The van der Waals surface area contributed by atoms with E-state index in [-0.39, 0.29) is 17.4 Å². The van der Waals surface area contributed by atoms with Gasteiger partial charge >= 0.3 is 10.8 Å². The van der Waals surface area contributed by atoms with Gasteiger partial charge in [0.15, 0.2) is 0 Å². The Bertz CT molecular complexity index is 891. The first-order chi connectivity index (χ1) is 11.9. The largest absolute Gasteiger partial charge is 0.462 e. The number of aromatic nitrogens is 1. The van der Waals surface area contributed by atoms with Gasteiger partial charge in [-0.25, -0.2) is 4.79 Å². The molecule has 0 bridgehead atoms. The molecule has 0 aromatic carbocycles. The summed E-state index contributed by atoms with van der Waals surface area (Å²) in [6.07, 6.45) is 3.86. The molecule has 0 radical (unpaired) electrons. The predicted molar refractivity (Wildman–Crippen MR) is 99.2 cm³/mol. The van der Waals surface area contributed by atoms with Gasteiger partial charge in [0.2, 0.25) is 0 Å². The Labute approximate surface area is 153 Å². The fourth-order valence-corrected chi connectivity index (χ4v) is 5.11. The molecule has 0 aliphatic heterocycles. The SMILES string of the molecule is CCOC(=O)c1c(NC(=O)c2sc(=O)n(C)c2C)sc2c1CCCC2. The van der Waals surface area contributed by atoms with Gasteiger partial charge in [0.05, 0.1) is 12.2 Å². The van der Waals surface area contributed by atoms with Crippen LogP contribution in [0.4, 0.5) is 5.00 Å². The number of ether oxygens (including phenoxy) is 1. The molecule has 1 amide bonds. The van der Waals surface area contributed by atoms with Crippen molar-refractivity contribution in [1.82, 2.24) is 4.57 Å². The first-order valence-corrected chi connectivity index (χ1v) is 9.86. The Kier molecular flexibility index (Phi) is 5.10. The zero-order valence-electron chi connectivity index (χ0n) is 14.4. The molecule has 0 saturated carbocycles. The first-order valence-electron chi connectivity index (χ1n) is 8.23. The summed E-state index contributed by atoms with van der Waals surface area (Å²) in [5, 5.41) is 3.37. The van der Waals surface area contributed by atoms with Crippen LogP contribution in [-0.2, 0) is 24.6 Å². The molecule has 6 nitrogen and oxygen atoms in total. The highest BCUT2D eigenvalue weighted by molar-refractivity contribution is 7.17. The number of carbonyl (C=O) groups is 2. The van der Waals surface area contributed by atoms with E-state index in [4.69, 9.17) is 4.74 Å². The number of thiazole rings is 1. The van der Waals surface area contributed by atoms with Crippen molar-refractivity contribution in [2.24, 2.45) is 7.05 Å². The van der Waals surface area contributed by atoms with E-state index >= 15 is 0 Å². The molecule has 8 heteroatoms. The van der Waals surface area contributed by atoms with Crippen LogP contribution in [0.2, 0.25) is 0 Å². The average molecular weight is 380 g/mol. The van der Waals surface area contributed by atoms with E-state index in [0.717, 1.165) is 47.5 Å². The lowest BCUT2D eigenvalue weighted by atomic mass is 9.95. The van der Waals surface area contributed by atoms with Crippen LogP contribution in [0.15, 0.2) is 4.79 Å². The minimum atomic E-state index is -0.393. The molecule has 2 aromatic heterocycles. The van der Waals surface area contributed by atoms with E-state index in [1.165, 1.54) is 15.9 Å². The third-order valence-corrected chi connectivity index (χ3v) is 6.72. The second-order valence-corrected chi connectivity index (χ2v) is 8.00. The van der Waals surface area contributed by atoms with Crippen LogP contribution in [0.25, 0.3) is 0 Å². The van der Waals surface area contributed by atoms with Gasteiger partial charge in [-0.15, -0.1) is 11.3 Å². The van der Waals surface area contributed by atoms with Crippen LogP contribution >= 0.6 is 22.7 Å². The van der Waals surface area contributed by atoms with Crippen LogP contribution in [0.3, 0.4) is 0 Å². The average Bonchev–Trinajstić information content (AvgIpc) is 3.07. The van der Waals surface area contributed by atoms with Crippen molar-refractivity contribution in [3.63, 3.8) is 0 Å². The lowest BCUT2D eigenvalue weighted by Crippen LogP contribution is -2.16. The van der Waals surface area contributed by atoms with Crippen molar-refractivity contribution in [2.45, 2.75) is 39.5 Å². The van der Waals surface area contributed by atoms with E-state index in [1.807, 2.05) is 0 Å². The van der Waals surface area contributed by atoms with E-state index in [9.17, 15) is 14.4 Å². The summed E-state index contributed by atoms with van der Waals surface area (Å²) in [5.41, 5.74) is 2.10. The first kappa shape index (κ1) is 17.9. The Morgan fingerprint density at radius 3 is 2.60 bits per heavy atom. The normalized spacial score (nSPS) is 13.4. The molecule has 2 aromatic rings. The van der Waals surface area contributed by atoms with Crippen molar-refractivity contribution in [2.75, 3.05) is 11.9 Å². The third kappa shape index (κ3) is 3.28. The van der Waals surface area contributed by atoms with Crippen molar-refractivity contribution in [3.8, 4) is 0 Å². The van der Waals surface area contributed by atoms with Gasteiger partial charge in [-0.1, -0.05) is 11.3 Å². The number of nitrogens with zero attached hydrogens (tertiary/aromatic N) is 1. The van der Waals surface area contributed by atoms with Gasteiger partial charge in [0.25, 0.3) is 5.91 Å². The fourth-order valence-electron chi connectivity index (χ4n) is 2.96. The Balaban J connectivity index is 1.97. The number of nitrogens with one attached hydrogen (secondary N) is 1. The number of thiophene rings is 1. The number of rotatable bonds is 4. The molecular formula is C17H20N2O4S2. The molecule has 0 atom stereocenters. The van der Waals surface area contributed by atoms with Gasteiger partial charge in [0.1, 0.15) is 9.88 Å². The number of esters is 1. The van der Waals surface area contributed by atoms with Crippen molar-refractivity contribution in [1.29, 1.82) is 0 Å². The number of hydrogen-bond acceptors (Lipinski definition) is 6. The standard InChI is InChI=1S/C17H20N2O4S2/c1-4-23-16(21)12-10-7-5-6-8-11(10)24-15(12)18-14(20)13-9(2)19(3)17(22)25-13/h4-8H2,1-3H3,(H,18,20). The maximum absolute atomic E-state index is 12.6. The molecule has 3 rings (SSSR count). The molecule has 0 spiro atoms. The highest BCUT2D eigenvalue weighted by atomic mass is 32.1. The Hall–Kier alpha value is -1.93. The highest BCUT2D eigenvalue weighted by Gasteiger charge is 2.28. The zero-order valence-corrected chi connectivity index (χ0v) is 16.1. The molecule has 1 N–H and O–H groups in total. The van der Waals surface area contributed by atoms with Crippen LogP contribution in [0.1, 0.15) is 55.9 Å². The van der Waals surface area contributed by atoms with Crippen molar-refractivity contribution >= 4 is 39.6 Å². The third-order valence-electron chi connectivity index (χ3n) is 4.38.